The average Bonchev–Trinajstić information content (AvgIpc) is 2.44. The Morgan fingerprint density at radius 2 is 1.90 bits per heavy atom. The number of rotatable bonds is 6. The molecular formula is C18H23NO. The van der Waals surface area contributed by atoms with Crippen molar-refractivity contribution in [3.8, 4) is 0 Å². The smallest absolute Gasteiger partial charge is 0.0659 e. The van der Waals surface area contributed by atoms with Gasteiger partial charge in [0.05, 0.1) is 12.6 Å². The van der Waals surface area contributed by atoms with Crippen molar-refractivity contribution in [3.05, 3.63) is 48.0 Å². The fourth-order valence-corrected chi connectivity index (χ4v) is 2.91. The van der Waals surface area contributed by atoms with Gasteiger partial charge in [0.2, 0.25) is 0 Å². The monoisotopic (exact) mass is 269 g/mol. The number of nitrogens with two attached hydrogens (primary N) is 1. The molecule has 1 atom stereocenters. The second-order valence-corrected chi connectivity index (χ2v) is 5.84. The van der Waals surface area contributed by atoms with Crippen LogP contribution in [0, 0.1) is 5.92 Å². The van der Waals surface area contributed by atoms with E-state index in [1.54, 1.807) is 0 Å². The van der Waals surface area contributed by atoms with E-state index in [1.165, 1.54) is 42.0 Å². The van der Waals surface area contributed by atoms with E-state index in [9.17, 15) is 0 Å². The SMILES string of the molecule is NC(COCCC1CCC1)c1cccc2ccccc12. The van der Waals surface area contributed by atoms with Crippen LogP contribution in [0.2, 0.25) is 0 Å². The number of ether oxygens (including phenoxy) is 1. The lowest BCUT2D eigenvalue weighted by atomic mass is 9.83. The molecule has 0 bridgehead atoms. The molecule has 0 spiro atoms. The normalized spacial score (nSPS) is 17.1. The Balaban J connectivity index is 1.58. The van der Waals surface area contributed by atoms with Gasteiger partial charge in [0.1, 0.15) is 0 Å². The zero-order valence-electron chi connectivity index (χ0n) is 11.9. The summed E-state index contributed by atoms with van der Waals surface area (Å²) in [5.41, 5.74) is 7.49. The molecule has 0 radical (unpaired) electrons. The minimum atomic E-state index is -0.0394. The van der Waals surface area contributed by atoms with E-state index in [1.807, 2.05) is 0 Å². The molecule has 3 rings (SSSR count). The Bertz CT molecular complexity index is 557. The van der Waals surface area contributed by atoms with Gasteiger partial charge in [0.25, 0.3) is 0 Å². The maximum atomic E-state index is 6.30. The summed E-state index contributed by atoms with van der Waals surface area (Å²) < 4.78 is 5.78. The molecule has 1 fully saturated rings. The molecule has 0 amide bonds. The lowest BCUT2D eigenvalue weighted by Gasteiger charge is -2.25. The molecule has 2 aromatic rings. The molecule has 1 aliphatic carbocycles. The molecule has 0 saturated heterocycles. The van der Waals surface area contributed by atoms with Gasteiger partial charge in [0, 0.05) is 6.61 Å². The Morgan fingerprint density at radius 3 is 2.70 bits per heavy atom. The molecule has 0 aromatic heterocycles. The van der Waals surface area contributed by atoms with Gasteiger partial charge in [0.15, 0.2) is 0 Å². The zero-order valence-corrected chi connectivity index (χ0v) is 11.9. The van der Waals surface area contributed by atoms with Gasteiger partial charge in [-0.25, -0.2) is 0 Å². The summed E-state index contributed by atoms with van der Waals surface area (Å²) in [7, 11) is 0. The van der Waals surface area contributed by atoms with Crippen molar-refractivity contribution < 1.29 is 4.74 Å². The van der Waals surface area contributed by atoms with E-state index in [0.29, 0.717) is 6.61 Å². The second-order valence-electron chi connectivity index (χ2n) is 5.84. The van der Waals surface area contributed by atoms with E-state index in [-0.39, 0.29) is 6.04 Å². The van der Waals surface area contributed by atoms with Crippen molar-refractivity contribution in [3.63, 3.8) is 0 Å². The van der Waals surface area contributed by atoms with Crippen LogP contribution in [-0.2, 0) is 4.74 Å². The molecule has 2 aromatic carbocycles. The minimum Gasteiger partial charge on any atom is -0.379 e. The van der Waals surface area contributed by atoms with Gasteiger partial charge in [-0.2, -0.15) is 0 Å². The molecule has 1 saturated carbocycles. The summed E-state index contributed by atoms with van der Waals surface area (Å²) in [6.07, 6.45) is 5.37. The molecule has 2 nitrogen and oxygen atoms in total. The maximum absolute atomic E-state index is 6.30. The van der Waals surface area contributed by atoms with Crippen LogP contribution in [-0.4, -0.2) is 13.2 Å². The highest BCUT2D eigenvalue weighted by Crippen LogP contribution is 2.29. The first-order valence-corrected chi connectivity index (χ1v) is 7.65. The number of benzene rings is 2. The first-order chi connectivity index (χ1) is 9.84. The Kier molecular flexibility index (Phi) is 4.34. The van der Waals surface area contributed by atoms with Crippen molar-refractivity contribution in [2.24, 2.45) is 11.7 Å². The van der Waals surface area contributed by atoms with Crippen LogP contribution in [0.5, 0.6) is 0 Å². The predicted molar refractivity (Wildman–Crippen MR) is 83.7 cm³/mol. The van der Waals surface area contributed by atoms with Crippen LogP contribution in [0.4, 0.5) is 0 Å². The van der Waals surface area contributed by atoms with Crippen molar-refractivity contribution in [1.29, 1.82) is 0 Å². The van der Waals surface area contributed by atoms with Gasteiger partial charge < -0.3 is 10.5 Å². The van der Waals surface area contributed by atoms with Gasteiger partial charge in [-0.1, -0.05) is 61.7 Å². The zero-order chi connectivity index (χ0) is 13.8. The third kappa shape index (κ3) is 3.02. The summed E-state index contributed by atoms with van der Waals surface area (Å²) in [5.74, 6) is 0.906. The highest BCUT2D eigenvalue weighted by molar-refractivity contribution is 5.86. The van der Waals surface area contributed by atoms with E-state index in [2.05, 4.69) is 42.5 Å². The fourth-order valence-electron chi connectivity index (χ4n) is 2.91. The van der Waals surface area contributed by atoms with E-state index >= 15 is 0 Å². The van der Waals surface area contributed by atoms with Crippen molar-refractivity contribution in [2.75, 3.05) is 13.2 Å². The number of hydrogen-bond donors (Lipinski definition) is 1. The van der Waals surface area contributed by atoms with Crippen LogP contribution < -0.4 is 5.73 Å². The summed E-state index contributed by atoms with van der Waals surface area (Å²) in [6, 6.07) is 14.7. The second kappa shape index (κ2) is 6.38. The van der Waals surface area contributed by atoms with Gasteiger partial charge in [-0.15, -0.1) is 0 Å². The summed E-state index contributed by atoms with van der Waals surface area (Å²) in [5, 5.41) is 2.49. The Labute approximate surface area is 120 Å². The highest BCUT2D eigenvalue weighted by atomic mass is 16.5. The van der Waals surface area contributed by atoms with Crippen molar-refractivity contribution in [2.45, 2.75) is 31.7 Å². The molecule has 0 heterocycles. The molecule has 1 aliphatic rings. The van der Waals surface area contributed by atoms with Crippen molar-refractivity contribution >= 4 is 10.8 Å². The average molecular weight is 269 g/mol. The van der Waals surface area contributed by atoms with Crippen LogP contribution in [0.15, 0.2) is 42.5 Å². The molecule has 2 heteroatoms. The quantitative estimate of drug-likeness (QED) is 0.803. The Morgan fingerprint density at radius 1 is 1.10 bits per heavy atom. The summed E-state index contributed by atoms with van der Waals surface area (Å²) in [6.45, 7) is 1.46. The van der Waals surface area contributed by atoms with Gasteiger partial charge in [-0.3, -0.25) is 0 Å². The molecule has 0 aliphatic heterocycles. The van der Waals surface area contributed by atoms with Crippen LogP contribution in [0.25, 0.3) is 10.8 Å². The highest BCUT2D eigenvalue weighted by Gasteiger charge is 2.17. The van der Waals surface area contributed by atoms with Crippen LogP contribution in [0.3, 0.4) is 0 Å². The molecule has 106 valence electrons. The first kappa shape index (κ1) is 13.6. The lowest BCUT2D eigenvalue weighted by molar-refractivity contribution is 0.0964. The van der Waals surface area contributed by atoms with Crippen molar-refractivity contribution in [1.82, 2.24) is 0 Å². The van der Waals surface area contributed by atoms with E-state index in [0.717, 1.165) is 12.5 Å². The first-order valence-electron chi connectivity index (χ1n) is 7.65. The molecule has 1 unspecified atom stereocenters. The third-order valence-electron chi connectivity index (χ3n) is 4.42. The van der Waals surface area contributed by atoms with Gasteiger partial charge in [-0.05, 0) is 28.7 Å². The fraction of sp³-hybridized carbons (Fsp3) is 0.444. The standard InChI is InChI=1S/C18H23NO/c19-18(13-20-12-11-14-5-3-6-14)17-10-4-8-15-7-1-2-9-16(15)17/h1-2,4,7-10,14,18H,3,5-6,11-13,19H2. The van der Waals surface area contributed by atoms with E-state index in [4.69, 9.17) is 10.5 Å². The van der Waals surface area contributed by atoms with Crippen LogP contribution in [0.1, 0.15) is 37.3 Å². The van der Waals surface area contributed by atoms with E-state index < -0.39 is 0 Å². The third-order valence-corrected chi connectivity index (χ3v) is 4.42. The largest absolute Gasteiger partial charge is 0.379 e. The van der Waals surface area contributed by atoms with Gasteiger partial charge >= 0.3 is 0 Å². The minimum absolute atomic E-state index is 0.0394. The maximum Gasteiger partial charge on any atom is 0.0659 e. The molecule has 20 heavy (non-hydrogen) atoms. The molecule has 2 N–H and O–H groups in total. The lowest BCUT2D eigenvalue weighted by Crippen LogP contribution is -2.19. The molecular weight excluding hydrogens is 246 g/mol. The summed E-state index contributed by atoms with van der Waals surface area (Å²) in [4.78, 5) is 0. The van der Waals surface area contributed by atoms with Crippen LogP contribution >= 0.6 is 0 Å². The Hall–Kier alpha value is -1.38. The predicted octanol–water partition coefficient (Wildman–Crippen LogP) is 4.05. The summed E-state index contributed by atoms with van der Waals surface area (Å²) >= 11 is 0. The topological polar surface area (TPSA) is 35.2 Å². The number of hydrogen-bond acceptors (Lipinski definition) is 2. The number of fused-ring (bicyclic) bond motifs is 1.